The molecule has 1 atom stereocenters. The number of carbonyl (C=O) groups is 2. The average molecular weight is 235 g/mol. The molecular formula is C13H17NO3. The third kappa shape index (κ3) is 3.66. The fraction of sp³-hybridized carbons (Fsp3) is 0.462. The monoisotopic (exact) mass is 235 g/mol. The van der Waals surface area contributed by atoms with Crippen LogP contribution in [-0.4, -0.2) is 23.8 Å². The first kappa shape index (κ1) is 13.4. The Labute approximate surface area is 101 Å². The Kier molecular flexibility index (Phi) is 5.33. The number of hydrogen-bond donors (Lipinski definition) is 0. The highest BCUT2D eigenvalue weighted by Crippen LogP contribution is 2.16. The third-order valence-electron chi connectivity index (χ3n) is 2.59. The summed E-state index contributed by atoms with van der Waals surface area (Å²) < 4.78 is 4.67. The largest absolute Gasteiger partial charge is 0.468 e. The summed E-state index contributed by atoms with van der Waals surface area (Å²) in [6, 6.07) is 3.35. The highest BCUT2D eigenvalue weighted by molar-refractivity contribution is 6.08. The summed E-state index contributed by atoms with van der Waals surface area (Å²) in [5, 5.41) is 0. The van der Waals surface area contributed by atoms with Gasteiger partial charge in [0.2, 0.25) is 0 Å². The first-order valence-corrected chi connectivity index (χ1v) is 5.72. The molecule has 1 heterocycles. The minimum absolute atomic E-state index is 0.210. The molecular weight excluding hydrogens is 218 g/mol. The minimum Gasteiger partial charge on any atom is -0.468 e. The molecule has 0 amide bonds. The van der Waals surface area contributed by atoms with Crippen LogP contribution < -0.4 is 0 Å². The number of pyridine rings is 1. The van der Waals surface area contributed by atoms with Crippen LogP contribution in [0.2, 0.25) is 0 Å². The zero-order valence-electron chi connectivity index (χ0n) is 10.2. The van der Waals surface area contributed by atoms with Gasteiger partial charge in [-0.3, -0.25) is 14.6 Å². The number of ether oxygens (including phenoxy) is 1. The van der Waals surface area contributed by atoms with Gasteiger partial charge < -0.3 is 4.74 Å². The van der Waals surface area contributed by atoms with E-state index in [1.807, 2.05) is 6.92 Å². The Morgan fingerprint density at radius 1 is 1.47 bits per heavy atom. The molecule has 1 unspecified atom stereocenters. The maximum atomic E-state index is 12.1. The molecule has 0 aromatic carbocycles. The highest BCUT2D eigenvalue weighted by atomic mass is 16.5. The van der Waals surface area contributed by atoms with Crippen LogP contribution in [0.3, 0.4) is 0 Å². The van der Waals surface area contributed by atoms with Crippen molar-refractivity contribution in [2.75, 3.05) is 7.11 Å². The molecule has 0 spiro atoms. The molecule has 0 aliphatic heterocycles. The first-order valence-electron chi connectivity index (χ1n) is 5.72. The molecule has 0 fully saturated rings. The van der Waals surface area contributed by atoms with Crippen LogP contribution in [0.25, 0.3) is 0 Å². The summed E-state index contributed by atoms with van der Waals surface area (Å²) >= 11 is 0. The van der Waals surface area contributed by atoms with Crippen molar-refractivity contribution in [3.63, 3.8) is 0 Å². The second-order valence-corrected chi connectivity index (χ2v) is 3.82. The van der Waals surface area contributed by atoms with E-state index in [1.165, 1.54) is 13.3 Å². The van der Waals surface area contributed by atoms with Crippen LogP contribution in [0, 0.1) is 5.92 Å². The number of unbranched alkanes of at least 4 members (excludes halogenated alkanes) is 1. The Balaban J connectivity index is 2.83. The van der Waals surface area contributed by atoms with E-state index in [1.54, 1.807) is 18.3 Å². The number of hydrogen-bond acceptors (Lipinski definition) is 4. The van der Waals surface area contributed by atoms with Gasteiger partial charge in [0.15, 0.2) is 5.78 Å². The standard InChI is InChI=1S/C13H17NO3/c1-3-4-7-11(13(16)17-2)12(15)10-6-5-8-14-9-10/h5-6,8-9,11H,3-4,7H2,1-2H3. The first-order chi connectivity index (χ1) is 8.20. The number of esters is 1. The second kappa shape index (κ2) is 6.78. The summed E-state index contributed by atoms with van der Waals surface area (Å²) in [6.07, 6.45) is 5.36. The molecule has 17 heavy (non-hydrogen) atoms. The van der Waals surface area contributed by atoms with Gasteiger partial charge in [-0.1, -0.05) is 19.8 Å². The van der Waals surface area contributed by atoms with Crippen molar-refractivity contribution < 1.29 is 14.3 Å². The van der Waals surface area contributed by atoms with E-state index in [0.717, 1.165) is 12.8 Å². The van der Waals surface area contributed by atoms with Crippen molar-refractivity contribution in [1.82, 2.24) is 4.98 Å². The summed E-state index contributed by atoms with van der Waals surface area (Å²) in [5.41, 5.74) is 0.457. The predicted octanol–water partition coefficient (Wildman–Crippen LogP) is 2.24. The van der Waals surface area contributed by atoms with E-state index < -0.39 is 11.9 Å². The van der Waals surface area contributed by atoms with Crippen LogP contribution in [0.5, 0.6) is 0 Å². The molecule has 92 valence electrons. The summed E-state index contributed by atoms with van der Waals surface area (Å²) in [4.78, 5) is 27.6. The molecule has 0 bridgehead atoms. The molecule has 1 rings (SSSR count). The number of nitrogens with zero attached hydrogens (tertiary/aromatic N) is 1. The van der Waals surface area contributed by atoms with E-state index >= 15 is 0 Å². The van der Waals surface area contributed by atoms with Gasteiger partial charge in [0.05, 0.1) is 7.11 Å². The van der Waals surface area contributed by atoms with Gasteiger partial charge in [0.1, 0.15) is 5.92 Å². The molecule has 0 saturated carbocycles. The molecule has 4 heteroatoms. The van der Waals surface area contributed by atoms with Gasteiger partial charge in [-0.15, -0.1) is 0 Å². The Bertz CT molecular complexity index is 376. The fourth-order valence-corrected chi connectivity index (χ4v) is 1.62. The molecule has 1 aromatic heterocycles. The van der Waals surface area contributed by atoms with Gasteiger partial charge in [-0.2, -0.15) is 0 Å². The average Bonchev–Trinajstić information content (AvgIpc) is 2.39. The van der Waals surface area contributed by atoms with E-state index in [0.29, 0.717) is 12.0 Å². The fourth-order valence-electron chi connectivity index (χ4n) is 1.62. The maximum Gasteiger partial charge on any atom is 0.316 e. The van der Waals surface area contributed by atoms with E-state index in [4.69, 9.17) is 0 Å². The maximum absolute atomic E-state index is 12.1. The topological polar surface area (TPSA) is 56.3 Å². The second-order valence-electron chi connectivity index (χ2n) is 3.82. The molecule has 1 aromatic rings. The Morgan fingerprint density at radius 3 is 2.76 bits per heavy atom. The summed E-state index contributed by atoms with van der Waals surface area (Å²) in [5.74, 6) is -1.38. The van der Waals surface area contributed by atoms with Crippen LogP contribution in [0.1, 0.15) is 36.5 Å². The van der Waals surface area contributed by atoms with Crippen LogP contribution in [0.15, 0.2) is 24.5 Å². The van der Waals surface area contributed by atoms with Gasteiger partial charge in [0, 0.05) is 18.0 Å². The number of ketones is 1. The normalized spacial score (nSPS) is 11.9. The Morgan fingerprint density at radius 2 is 2.24 bits per heavy atom. The van der Waals surface area contributed by atoms with E-state index in [9.17, 15) is 9.59 Å². The van der Waals surface area contributed by atoms with E-state index in [2.05, 4.69) is 9.72 Å². The van der Waals surface area contributed by atoms with Crippen LogP contribution in [0.4, 0.5) is 0 Å². The predicted molar refractivity (Wildman–Crippen MR) is 63.6 cm³/mol. The van der Waals surface area contributed by atoms with Gasteiger partial charge in [-0.25, -0.2) is 0 Å². The lowest BCUT2D eigenvalue weighted by atomic mass is 9.93. The van der Waals surface area contributed by atoms with Gasteiger partial charge in [-0.05, 0) is 18.6 Å². The highest BCUT2D eigenvalue weighted by Gasteiger charge is 2.27. The molecule has 0 N–H and O–H groups in total. The van der Waals surface area contributed by atoms with E-state index in [-0.39, 0.29) is 5.78 Å². The third-order valence-corrected chi connectivity index (χ3v) is 2.59. The van der Waals surface area contributed by atoms with Gasteiger partial charge >= 0.3 is 5.97 Å². The summed E-state index contributed by atoms with van der Waals surface area (Å²) in [7, 11) is 1.30. The minimum atomic E-state index is -0.704. The SMILES string of the molecule is CCCCC(C(=O)OC)C(=O)c1cccnc1. The van der Waals surface area contributed by atoms with Crippen molar-refractivity contribution in [2.24, 2.45) is 5.92 Å². The lowest BCUT2D eigenvalue weighted by molar-refractivity contribution is -0.143. The zero-order valence-corrected chi connectivity index (χ0v) is 10.2. The molecule has 4 nitrogen and oxygen atoms in total. The number of Topliss-reactive ketones (excluding diaryl/α,β-unsaturated/α-hetero) is 1. The molecule has 0 radical (unpaired) electrons. The van der Waals surface area contributed by atoms with Crippen molar-refractivity contribution in [2.45, 2.75) is 26.2 Å². The summed E-state index contributed by atoms with van der Waals surface area (Å²) in [6.45, 7) is 2.02. The van der Waals surface area contributed by atoms with Crippen molar-refractivity contribution in [3.8, 4) is 0 Å². The lowest BCUT2D eigenvalue weighted by Crippen LogP contribution is -2.25. The zero-order chi connectivity index (χ0) is 12.7. The quantitative estimate of drug-likeness (QED) is 0.431. The molecule has 0 aliphatic rings. The lowest BCUT2D eigenvalue weighted by Gasteiger charge is -2.12. The van der Waals surface area contributed by atoms with Crippen LogP contribution in [-0.2, 0) is 9.53 Å². The number of aromatic nitrogens is 1. The molecule has 0 saturated heterocycles. The number of rotatable bonds is 6. The number of methoxy groups -OCH3 is 1. The smallest absolute Gasteiger partial charge is 0.316 e. The molecule has 0 aliphatic carbocycles. The van der Waals surface area contributed by atoms with Crippen molar-refractivity contribution >= 4 is 11.8 Å². The van der Waals surface area contributed by atoms with Crippen molar-refractivity contribution in [1.29, 1.82) is 0 Å². The Hall–Kier alpha value is -1.71. The van der Waals surface area contributed by atoms with Crippen LogP contribution >= 0.6 is 0 Å². The number of carbonyl (C=O) groups excluding carboxylic acids is 2. The van der Waals surface area contributed by atoms with Gasteiger partial charge in [0.25, 0.3) is 0 Å². The van der Waals surface area contributed by atoms with Crippen molar-refractivity contribution in [3.05, 3.63) is 30.1 Å².